The summed E-state index contributed by atoms with van der Waals surface area (Å²) in [4.78, 5) is 12.8. The van der Waals surface area contributed by atoms with Gasteiger partial charge in [0, 0.05) is 6.54 Å². The van der Waals surface area contributed by atoms with Crippen molar-refractivity contribution in [2.24, 2.45) is 0 Å². The van der Waals surface area contributed by atoms with Crippen LogP contribution in [0.25, 0.3) is 0 Å². The SMILES string of the molecule is CC(C)OC(=O)N1CC=CNC1. The lowest BCUT2D eigenvalue weighted by molar-refractivity contribution is 0.0777. The molecule has 0 saturated heterocycles. The van der Waals surface area contributed by atoms with Crippen molar-refractivity contribution in [3.63, 3.8) is 0 Å². The van der Waals surface area contributed by atoms with E-state index in [1.165, 1.54) is 0 Å². The highest BCUT2D eigenvalue weighted by Crippen LogP contribution is 1.99. The van der Waals surface area contributed by atoms with Gasteiger partial charge in [-0.05, 0) is 26.1 Å². The molecule has 0 bridgehead atoms. The zero-order valence-electron chi connectivity index (χ0n) is 7.41. The first-order valence-electron chi connectivity index (χ1n) is 4.04. The molecule has 0 aromatic rings. The molecule has 1 amide bonds. The lowest BCUT2D eigenvalue weighted by atomic mass is 10.4. The van der Waals surface area contributed by atoms with Crippen LogP contribution in [-0.4, -0.2) is 30.3 Å². The number of nitrogens with one attached hydrogen (secondary N) is 1. The van der Waals surface area contributed by atoms with E-state index in [-0.39, 0.29) is 12.2 Å². The standard InChI is InChI=1S/C8H14N2O2/c1-7(2)12-8(11)10-5-3-4-9-6-10/h3-4,7,9H,5-6H2,1-2H3. The minimum absolute atomic E-state index is 0.0524. The molecule has 1 N–H and O–H groups in total. The molecule has 0 fully saturated rings. The Morgan fingerprint density at radius 1 is 1.67 bits per heavy atom. The molecular formula is C8H14N2O2. The Kier molecular flexibility index (Phi) is 2.96. The van der Waals surface area contributed by atoms with E-state index >= 15 is 0 Å². The normalized spacial score (nSPS) is 16.1. The predicted molar refractivity (Wildman–Crippen MR) is 45.5 cm³/mol. The molecule has 0 spiro atoms. The summed E-state index contributed by atoms with van der Waals surface area (Å²) in [6.45, 7) is 4.83. The van der Waals surface area contributed by atoms with Crippen molar-refractivity contribution in [1.29, 1.82) is 0 Å². The van der Waals surface area contributed by atoms with E-state index in [2.05, 4.69) is 5.32 Å². The van der Waals surface area contributed by atoms with Crippen molar-refractivity contribution in [2.45, 2.75) is 20.0 Å². The molecule has 0 radical (unpaired) electrons. The molecular weight excluding hydrogens is 156 g/mol. The number of carbonyl (C=O) groups excluding carboxylic acids is 1. The highest BCUT2D eigenvalue weighted by atomic mass is 16.6. The van der Waals surface area contributed by atoms with Crippen LogP contribution in [0.2, 0.25) is 0 Å². The van der Waals surface area contributed by atoms with Crippen molar-refractivity contribution >= 4 is 6.09 Å². The summed E-state index contributed by atoms with van der Waals surface area (Å²) in [6.07, 6.45) is 3.40. The van der Waals surface area contributed by atoms with Crippen molar-refractivity contribution in [3.05, 3.63) is 12.3 Å². The van der Waals surface area contributed by atoms with Crippen molar-refractivity contribution in [2.75, 3.05) is 13.2 Å². The summed E-state index contributed by atoms with van der Waals surface area (Å²) in [7, 11) is 0. The second kappa shape index (κ2) is 3.99. The number of carbonyl (C=O) groups is 1. The number of hydrogen-bond donors (Lipinski definition) is 1. The Balaban J connectivity index is 2.36. The van der Waals surface area contributed by atoms with E-state index in [4.69, 9.17) is 4.74 Å². The summed E-state index contributed by atoms with van der Waals surface area (Å²) < 4.78 is 5.00. The molecule has 1 rings (SSSR count). The quantitative estimate of drug-likeness (QED) is 0.636. The maximum atomic E-state index is 11.2. The fraction of sp³-hybridized carbons (Fsp3) is 0.625. The van der Waals surface area contributed by atoms with Gasteiger partial charge in [-0.1, -0.05) is 0 Å². The van der Waals surface area contributed by atoms with Crippen LogP contribution in [0, 0.1) is 0 Å². The topological polar surface area (TPSA) is 41.6 Å². The first-order chi connectivity index (χ1) is 5.70. The molecule has 1 aliphatic heterocycles. The maximum absolute atomic E-state index is 11.2. The second-order valence-electron chi connectivity index (χ2n) is 2.92. The summed E-state index contributed by atoms with van der Waals surface area (Å²) in [5, 5.41) is 2.93. The summed E-state index contributed by atoms with van der Waals surface area (Å²) in [5.41, 5.74) is 0. The molecule has 4 nitrogen and oxygen atoms in total. The molecule has 0 unspecified atom stereocenters. The number of hydrogen-bond acceptors (Lipinski definition) is 3. The predicted octanol–water partition coefficient (Wildman–Crippen LogP) is 0.908. The van der Waals surface area contributed by atoms with Crippen molar-refractivity contribution in [1.82, 2.24) is 10.2 Å². The Bertz CT molecular complexity index is 189. The molecule has 0 aromatic heterocycles. The highest BCUT2D eigenvalue weighted by Gasteiger charge is 2.15. The van der Waals surface area contributed by atoms with Crippen molar-refractivity contribution < 1.29 is 9.53 Å². The summed E-state index contributed by atoms with van der Waals surface area (Å²) >= 11 is 0. The maximum Gasteiger partial charge on any atom is 0.411 e. The van der Waals surface area contributed by atoms with Crippen LogP contribution in [0.5, 0.6) is 0 Å². The van der Waals surface area contributed by atoms with E-state index in [1.807, 2.05) is 26.1 Å². The van der Waals surface area contributed by atoms with Crippen LogP contribution in [0.1, 0.15) is 13.8 Å². The van der Waals surface area contributed by atoms with E-state index in [0.717, 1.165) is 0 Å². The third kappa shape index (κ3) is 2.45. The van der Waals surface area contributed by atoms with Gasteiger partial charge in [0.2, 0.25) is 0 Å². The fourth-order valence-electron chi connectivity index (χ4n) is 0.906. The Hall–Kier alpha value is -1.19. The lowest BCUT2D eigenvalue weighted by Gasteiger charge is -2.24. The van der Waals surface area contributed by atoms with Gasteiger partial charge in [-0.25, -0.2) is 4.79 Å². The number of ether oxygens (including phenoxy) is 1. The van der Waals surface area contributed by atoms with Gasteiger partial charge in [-0.3, -0.25) is 4.90 Å². The van der Waals surface area contributed by atoms with Gasteiger partial charge in [0.05, 0.1) is 12.8 Å². The molecule has 1 heterocycles. The zero-order valence-corrected chi connectivity index (χ0v) is 7.41. The largest absolute Gasteiger partial charge is 0.447 e. The van der Waals surface area contributed by atoms with Crippen LogP contribution in [0.4, 0.5) is 4.79 Å². The Morgan fingerprint density at radius 2 is 2.42 bits per heavy atom. The van der Waals surface area contributed by atoms with Gasteiger partial charge in [0.25, 0.3) is 0 Å². The van der Waals surface area contributed by atoms with Gasteiger partial charge in [0.1, 0.15) is 0 Å². The van der Waals surface area contributed by atoms with E-state index in [0.29, 0.717) is 13.2 Å². The van der Waals surface area contributed by atoms with Gasteiger partial charge < -0.3 is 10.1 Å². The molecule has 0 aromatic carbocycles. The average Bonchev–Trinajstić information content (AvgIpc) is 2.05. The number of rotatable bonds is 1. The monoisotopic (exact) mass is 170 g/mol. The van der Waals surface area contributed by atoms with Gasteiger partial charge in [-0.2, -0.15) is 0 Å². The molecule has 1 aliphatic rings. The van der Waals surface area contributed by atoms with Gasteiger partial charge >= 0.3 is 6.09 Å². The van der Waals surface area contributed by atoms with Gasteiger partial charge in [0.15, 0.2) is 0 Å². The molecule has 0 aliphatic carbocycles. The highest BCUT2D eigenvalue weighted by molar-refractivity contribution is 5.68. The zero-order chi connectivity index (χ0) is 8.97. The van der Waals surface area contributed by atoms with E-state index < -0.39 is 0 Å². The smallest absolute Gasteiger partial charge is 0.411 e. The minimum Gasteiger partial charge on any atom is -0.447 e. The molecule has 0 saturated carbocycles. The Labute approximate surface area is 72.2 Å². The molecule has 12 heavy (non-hydrogen) atoms. The minimum atomic E-state index is -0.262. The third-order valence-corrected chi connectivity index (χ3v) is 1.44. The molecule has 68 valence electrons. The van der Waals surface area contributed by atoms with Crippen LogP contribution < -0.4 is 5.32 Å². The average molecular weight is 170 g/mol. The second-order valence-corrected chi connectivity index (χ2v) is 2.92. The first kappa shape index (κ1) is 8.90. The van der Waals surface area contributed by atoms with Gasteiger partial charge in [-0.15, -0.1) is 0 Å². The lowest BCUT2D eigenvalue weighted by Crippen LogP contribution is -2.41. The Morgan fingerprint density at radius 3 is 2.92 bits per heavy atom. The number of nitrogens with zero attached hydrogens (tertiary/aromatic N) is 1. The fourth-order valence-corrected chi connectivity index (χ4v) is 0.906. The summed E-state index contributed by atoms with van der Waals surface area (Å²) in [5.74, 6) is 0. The summed E-state index contributed by atoms with van der Waals surface area (Å²) in [6, 6.07) is 0. The molecule has 4 heteroatoms. The third-order valence-electron chi connectivity index (χ3n) is 1.44. The first-order valence-corrected chi connectivity index (χ1v) is 4.04. The van der Waals surface area contributed by atoms with Crippen molar-refractivity contribution in [3.8, 4) is 0 Å². The van der Waals surface area contributed by atoms with Crippen LogP contribution >= 0.6 is 0 Å². The van der Waals surface area contributed by atoms with Crippen LogP contribution in [-0.2, 0) is 4.74 Å². The number of amides is 1. The van der Waals surface area contributed by atoms with E-state index in [1.54, 1.807) is 4.90 Å². The van der Waals surface area contributed by atoms with E-state index in [9.17, 15) is 4.79 Å². The van der Waals surface area contributed by atoms with Crippen LogP contribution in [0.3, 0.4) is 0 Å². The van der Waals surface area contributed by atoms with Crippen LogP contribution in [0.15, 0.2) is 12.3 Å². The molecule has 0 atom stereocenters.